The summed E-state index contributed by atoms with van der Waals surface area (Å²) in [5, 5.41) is 11.4. The molecular formula is C20H24NO4S2-. The Morgan fingerprint density at radius 1 is 1.30 bits per heavy atom. The largest absolute Gasteiger partial charge is 0.548 e. The number of amides is 1. The summed E-state index contributed by atoms with van der Waals surface area (Å²) >= 11 is 6.34. The van der Waals surface area contributed by atoms with Crippen molar-refractivity contribution in [2.75, 3.05) is 6.61 Å². The Kier molecular flexibility index (Phi) is 7.86. The second kappa shape index (κ2) is 9.90. The molecule has 0 aliphatic carbocycles. The molecule has 1 aliphatic heterocycles. The molecule has 1 saturated heterocycles. The van der Waals surface area contributed by atoms with Crippen molar-refractivity contribution < 1.29 is 19.4 Å². The van der Waals surface area contributed by atoms with E-state index in [1.807, 2.05) is 24.3 Å². The normalized spacial score (nSPS) is 17.0. The Hall–Kier alpha value is -1.86. The van der Waals surface area contributed by atoms with Crippen molar-refractivity contribution in [2.24, 2.45) is 5.92 Å². The third-order valence-corrected chi connectivity index (χ3v) is 5.50. The van der Waals surface area contributed by atoms with E-state index < -0.39 is 17.9 Å². The summed E-state index contributed by atoms with van der Waals surface area (Å²) < 4.78 is 5.92. The first-order valence-electron chi connectivity index (χ1n) is 9.06. The van der Waals surface area contributed by atoms with Gasteiger partial charge in [0.05, 0.1) is 23.5 Å². The minimum Gasteiger partial charge on any atom is -0.548 e. The summed E-state index contributed by atoms with van der Waals surface area (Å²) in [5.74, 6) is -1.21. The topological polar surface area (TPSA) is 69.7 Å². The fourth-order valence-electron chi connectivity index (χ4n) is 2.75. The van der Waals surface area contributed by atoms with Crippen molar-refractivity contribution in [3.05, 3.63) is 34.7 Å². The molecule has 1 amide bonds. The van der Waals surface area contributed by atoms with E-state index in [9.17, 15) is 14.7 Å². The van der Waals surface area contributed by atoms with Crippen LogP contribution in [0, 0.1) is 5.92 Å². The molecule has 0 radical (unpaired) electrons. The molecule has 1 fully saturated rings. The Bertz CT molecular complexity index is 728. The number of aliphatic carboxylic acids is 1. The minimum atomic E-state index is -1.30. The SMILES string of the molecule is CCCCCOc1ccc(/C=C2\SC(=S)N([C@H](C(=O)[O-])C(C)C)C2=O)cc1. The van der Waals surface area contributed by atoms with Crippen molar-refractivity contribution >= 4 is 46.3 Å². The van der Waals surface area contributed by atoms with Crippen molar-refractivity contribution in [1.29, 1.82) is 0 Å². The predicted octanol–water partition coefficient (Wildman–Crippen LogP) is 3.23. The number of nitrogens with zero attached hydrogens (tertiary/aromatic N) is 1. The molecule has 0 unspecified atom stereocenters. The summed E-state index contributed by atoms with van der Waals surface area (Å²) in [4.78, 5) is 25.7. The Labute approximate surface area is 169 Å². The number of thiocarbonyl (C=S) groups is 1. The van der Waals surface area contributed by atoms with Crippen LogP contribution in [0.4, 0.5) is 0 Å². The molecule has 1 aliphatic rings. The second-order valence-electron chi connectivity index (χ2n) is 6.68. The predicted molar refractivity (Wildman–Crippen MR) is 110 cm³/mol. The number of carbonyl (C=O) groups excluding carboxylic acids is 2. The molecule has 1 atom stereocenters. The van der Waals surface area contributed by atoms with Gasteiger partial charge in [-0.1, -0.05) is 69.7 Å². The van der Waals surface area contributed by atoms with Gasteiger partial charge in [0.2, 0.25) is 0 Å². The maximum Gasteiger partial charge on any atom is 0.266 e. The lowest BCUT2D eigenvalue weighted by Crippen LogP contribution is -2.52. The Morgan fingerprint density at radius 3 is 2.52 bits per heavy atom. The highest BCUT2D eigenvalue weighted by Crippen LogP contribution is 2.35. The Morgan fingerprint density at radius 2 is 1.96 bits per heavy atom. The van der Waals surface area contributed by atoms with Gasteiger partial charge in [0.1, 0.15) is 10.1 Å². The number of carboxylic acid groups (broad SMARTS) is 1. The average molecular weight is 407 g/mol. The number of hydrogen-bond acceptors (Lipinski definition) is 6. The van der Waals surface area contributed by atoms with Gasteiger partial charge in [-0.25, -0.2) is 0 Å². The highest BCUT2D eigenvalue weighted by Gasteiger charge is 2.38. The van der Waals surface area contributed by atoms with Gasteiger partial charge < -0.3 is 14.6 Å². The molecule has 0 spiro atoms. The van der Waals surface area contributed by atoms with Gasteiger partial charge in [0, 0.05) is 0 Å². The first kappa shape index (κ1) is 21.4. The second-order valence-corrected chi connectivity index (χ2v) is 8.36. The van der Waals surface area contributed by atoms with Crippen LogP contribution in [-0.4, -0.2) is 33.7 Å². The highest BCUT2D eigenvalue weighted by atomic mass is 32.2. The van der Waals surface area contributed by atoms with E-state index in [4.69, 9.17) is 17.0 Å². The van der Waals surface area contributed by atoms with E-state index in [1.54, 1.807) is 19.9 Å². The fraction of sp³-hybridized carbons (Fsp3) is 0.450. The van der Waals surface area contributed by atoms with Gasteiger partial charge in [-0.3, -0.25) is 9.69 Å². The minimum absolute atomic E-state index is 0.241. The zero-order chi connectivity index (χ0) is 20.0. The number of unbranched alkanes of at least 4 members (excludes halogenated alkanes) is 2. The van der Waals surface area contributed by atoms with E-state index in [0.29, 0.717) is 11.5 Å². The molecule has 5 nitrogen and oxygen atoms in total. The molecule has 0 aromatic heterocycles. The van der Waals surface area contributed by atoms with Crippen LogP contribution in [0.2, 0.25) is 0 Å². The first-order chi connectivity index (χ1) is 12.8. The fourth-order valence-corrected chi connectivity index (χ4v) is 4.08. The molecule has 1 heterocycles. The van der Waals surface area contributed by atoms with Crippen LogP contribution in [0.5, 0.6) is 5.75 Å². The quantitative estimate of drug-likeness (QED) is 0.356. The van der Waals surface area contributed by atoms with Crippen molar-refractivity contribution in [3.8, 4) is 5.75 Å². The van der Waals surface area contributed by atoms with Crippen molar-refractivity contribution in [2.45, 2.75) is 46.1 Å². The number of rotatable bonds is 9. The molecule has 0 N–H and O–H groups in total. The molecule has 146 valence electrons. The highest BCUT2D eigenvalue weighted by molar-refractivity contribution is 8.26. The van der Waals surface area contributed by atoms with Gasteiger partial charge in [-0.15, -0.1) is 0 Å². The molecule has 1 aromatic rings. The maximum atomic E-state index is 12.7. The number of hydrogen-bond donors (Lipinski definition) is 0. The first-order valence-corrected chi connectivity index (χ1v) is 10.3. The van der Waals surface area contributed by atoms with Crippen LogP contribution >= 0.6 is 24.0 Å². The summed E-state index contributed by atoms with van der Waals surface area (Å²) in [6.45, 7) is 6.28. The Balaban J connectivity index is 2.10. The molecular weight excluding hydrogens is 382 g/mol. The number of ether oxygens (including phenoxy) is 1. The van der Waals surface area contributed by atoms with Crippen LogP contribution in [-0.2, 0) is 9.59 Å². The van der Waals surface area contributed by atoms with Gasteiger partial charge in [-0.05, 0) is 36.1 Å². The van der Waals surface area contributed by atoms with Crippen molar-refractivity contribution in [1.82, 2.24) is 4.90 Å². The lowest BCUT2D eigenvalue weighted by Gasteiger charge is -2.30. The van der Waals surface area contributed by atoms with Crippen molar-refractivity contribution in [3.63, 3.8) is 0 Å². The summed E-state index contributed by atoms with van der Waals surface area (Å²) in [6, 6.07) is 6.37. The van der Waals surface area contributed by atoms with Crippen LogP contribution < -0.4 is 9.84 Å². The molecule has 0 saturated carbocycles. The van der Waals surface area contributed by atoms with Crippen LogP contribution in [0.3, 0.4) is 0 Å². The number of carbonyl (C=O) groups is 2. The molecule has 2 rings (SSSR count). The zero-order valence-electron chi connectivity index (χ0n) is 15.8. The smallest absolute Gasteiger partial charge is 0.266 e. The average Bonchev–Trinajstić information content (AvgIpc) is 2.87. The lowest BCUT2D eigenvalue weighted by atomic mass is 10.0. The molecule has 27 heavy (non-hydrogen) atoms. The number of benzene rings is 1. The maximum absolute atomic E-state index is 12.7. The van der Waals surface area contributed by atoms with E-state index in [1.165, 1.54) is 0 Å². The van der Waals surface area contributed by atoms with E-state index >= 15 is 0 Å². The van der Waals surface area contributed by atoms with Crippen LogP contribution in [0.25, 0.3) is 6.08 Å². The number of carboxylic acids is 1. The van der Waals surface area contributed by atoms with Gasteiger partial charge in [0.15, 0.2) is 0 Å². The van der Waals surface area contributed by atoms with E-state index in [2.05, 4.69) is 6.92 Å². The van der Waals surface area contributed by atoms with Crippen LogP contribution in [0.15, 0.2) is 29.2 Å². The molecule has 0 bridgehead atoms. The van der Waals surface area contributed by atoms with Gasteiger partial charge >= 0.3 is 0 Å². The lowest BCUT2D eigenvalue weighted by molar-refractivity contribution is -0.311. The van der Waals surface area contributed by atoms with Gasteiger partial charge in [0.25, 0.3) is 5.91 Å². The number of thioether (sulfide) groups is 1. The van der Waals surface area contributed by atoms with Crippen LogP contribution in [0.1, 0.15) is 45.6 Å². The van der Waals surface area contributed by atoms with Gasteiger partial charge in [-0.2, -0.15) is 0 Å². The zero-order valence-corrected chi connectivity index (χ0v) is 17.4. The third-order valence-electron chi connectivity index (χ3n) is 4.17. The third kappa shape index (κ3) is 5.56. The summed E-state index contributed by atoms with van der Waals surface area (Å²) in [5.41, 5.74) is 0.825. The monoisotopic (exact) mass is 406 g/mol. The molecule has 1 aromatic carbocycles. The van der Waals surface area contributed by atoms with E-state index in [0.717, 1.165) is 47.2 Å². The summed E-state index contributed by atoms with van der Waals surface area (Å²) in [7, 11) is 0. The summed E-state index contributed by atoms with van der Waals surface area (Å²) in [6.07, 6.45) is 5.03. The standard InChI is InChI=1S/C20H25NO4S2/c1-4-5-6-11-25-15-9-7-14(8-10-15)12-16-18(22)21(20(26)27-16)17(13(2)3)19(23)24/h7-10,12-13,17H,4-6,11H2,1-3H3,(H,23,24)/p-1/b16-12-/t17-/m0/s1. The molecule has 7 heteroatoms. The van der Waals surface area contributed by atoms with E-state index in [-0.39, 0.29) is 10.2 Å².